The zero-order valence-corrected chi connectivity index (χ0v) is 15.1. The third-order valence-electron chi connectivity index (χ3n) is 5.27. The standard InChI is InChI=1S/C19H27N3O3/c1-3-19(14-23)8-10-22(11-9-19)12-16-4-6-17(7-5-16)24-13-18-20-15(2)25-21-18/h4-7,23H,3,8-14H2,1-2H3. The van der Waals surface area contributed by atoms with Crippen molar-refractivity contribution >= 4 is 0 Å². The lowest BCUT2D eigenvalue weighted by Gasteiger charge is -2.40. The van der Waals surface area contributed by atoms with E-state index in [-0.39, 0.29) is 5.41 Å². The maximum Gasteiger partial charge on any atom is 0.223 e. The Hall–Kier alpha value is -1.92. The van der Waals surface area contributed by atoms with Crippen molar-refractivity contribution in [1.29, 1.82) is 0 Å². The second-order valence-corrected chi connectivity index (χ2v) is 6.95. The molecule has 1 N–H and O–H groups in total. The van der Waals surface area contributed by atoms with Gasteiger partial charge in [-0.15, -0.1) is 0 Å². The summed E-state index contributed by atoms with van der Waals surface area (Å²) in [6, 6.07) is 8.17. The van der Waals surface area contributed by atoms with Crippen LogP contribution in [0.1, 0.15) is 43.5 Å². The predicted octanol–water partition coefficient (Wildman–Crippen LogP) is 2.94. The van der Waals surface area contributed by atoms with Gasteiger partial charge in [-0.25, -0.2) is 0 Å². The first-order valence-corrected chi connectivity index (χ1v) is 8.97. The fraction of sp³-hybridized carbons (Fsp3) is 0.579. The van der Waals surface area contributed by atoms with Crippen LogP contribution in [-0.4, -0.2) is 39.8 Å². The summed E-state index contributed by atoms with van der Waals surface area (Å²) in [5.74, 6) is 1.90. The van der Waals surface area contributed by atoms with E-state index < -0.39 is 0 Å². The molecular weight excluding hydrogens is 318 g/mol. The van der Waals surface area contributed by atoms with Crippen LogP contribution in [-0.2, 0) is 13.2 Å². The lowest BCUT2D eigenvalue weighted by atomic mass is 9.77. The number of aliphatic hydroxyl groups is 1. The average molecular weight is 345 g/mol. The Labute approximate surface area is 148 Å². The van der Waals surface area contributed by atoms with Crippen LogP contribution in [0, 0.1) is 12.3 Å². The van der Waals surface area contributed by atoms with Gasteiger partial charge < -0.3 is 14.4 Å². The Balaban J connectivity index is 1.48. The molecule has 2 aromatic rings. The fourth-order valence-electron chi connectivity index (χ4n) is 3.31. The number of hydrogen-bond acceptors (Lipinski definition) is 6. The van der Waals surface area contributed by atoms with Crippen LogP contribution >= 0.6 is 0 Å². The van der Waals surface area contributed by atoms with Gasteiger partial charge in [0.25, 0.3) is 0 Å². The van der Waals surface area contributed by atoms with Gasteiger partial charge in [0.15, 0.2) is 6.61 Å². The maximum atomic E-state index is 9.64. The van der Waals surface area contributed by atoms with Crippen LogP contribution in [0.15, 0.2) is 28.8 Å². The molecule has 0 amide bonds. The second-order valence-electron chi connectivity index (χ2n) is 6.95. The van der Waals surface area contributed by atoms with Crippen molar-refractivity contribution in [2.75, 3.05) is 19.7 Å². The summed E-state index contributed by atoms with van der Waals surface area (Å²) in [6.07, 6.45) is 3.21. The summed E-state index contributed by atoms with van der Waals surface area (Å²) >= 11 is 0. The smallest absolute Gasteiger partial charge is 0.223 e. The number of aryl methyl sites for hydroxylation is 1. The third kappa shape index (κ3) is 4.58. The van der Waals surface area contributed by atoms with Gasteiger partial charge in [0.1, 0.15) is 5.75 Å². The van der Waals surface area contributed by atoms with E-state index >= 15 is 0 Å². The Morgan fingerprint density at radius 2 is 1.96 bits per heavy atom. The molecule has 136 valence electrons. The van der Waals surface area contributed by atoms with E-state index in [2.05, 4.69) is 34.1 Å². The highest BCUT2D eigenvalue weighted by molar-refractivity contribution is 5.27. The van der Waals surface area contributed by atoms with Gasteiger partial charge >= 0.3 is 0 Å². The summed E-state index contributed by atoms with van der Waals surface area (Å²) < 4.78 is 10.6. The number of rotatable bonds is 7. The molecule has 1 saturated heterocycles. The molecule has 1 fully saturated rings. The second kappa shape index (κ2) is 7.97. The minimum Gasteiger partial charge on any atom is -0.485 e. The molecule has 1 aliphatic heterocycles. The summed E-state index contributed by atoms with van der Waals surface area (Å²) in [5.41, 5.74) is 1.41. The number of likely N-dealkylation sites (tertiary alicyclic amines) is 1. The maximum absolute atomic E-state index is 9.64. The Morgan fingerprint density at radius 1 is 1.24 bits per heavy atom. The van der Waals surface area contributed by atoms with Gasteiger partial charge in [-0.3, -0.25) is 4.90 Å². The number of aromatic nitrogens is 2. The van der Waals surface area contributed by atoms with Crippen LogP contribution in [0.25, 0.3) is 0 Å². The summed E-state index contributed by atoms with van der Waals surface area (Å²) in [4.78, 5) is 6.58. The van der Waals surface area contributed by atoms with Gasteiger partial charge in [-0.05, 0) is 55.5 Å². The lowest BCUT2D eigenvalue weighted by molar-refractivity contribution is 0.0382. The summed E-state index contributed by atoms with van der Waals surface area (Å²) in [6.45, 7) is 7.59. The number of hydrogen-bond donors (Lipinski definition) is 1. The molecule has 0 aliphatic carbocycles. The molecule has 0 saturated carbocycles. The highest BCUT2D eigenvalue weighted by Crippen LogP contribution is 2.34. The van der Waals surface area contributed by atoms with Crippen LogP contribution in [0.2, 0.25) is 0 Å². The first-order valence-electron chi connectivity index (χ1n) is 8.97. The number of aliphatic hydroxyl groups excluding tert-OH is 1. The molecule has 0 bridgehead atoms. The average Bonchev–Trinajstić information content (AvgIpc) is 3.07. The highest BCUT2D eigenvalue weighted by Gasteiger charge is 2.32. The van der Waals surface area contributed by atoms with Gasteiger partial charge in [0.05, 0.1) is 0 Å². The number of benzene rings is 1. The fourth-order valence-corrected chi connectivity index (χ4v) is 3.31. The zero-order valence-electron chi connectivity index (χ0n) is 15.1. The molecule has 1 aliphatic rings. The largest absolute Gasteiger partial charge is 0.485 e. The monoisotopic (exact) mass is 345 g/mol. The molecule has 25 heavy (non-hydrogen) atoms. The Kier molecular flexibility index (Phi) is 5.71. The van der Waals surface area contributed by atoms with E-state index in [9.17, 15) is 5.11 Å². The molecule has 2 heterocycles. The Morgan fingerprint density at radius 3 is 2.52 bits per heavy atom. The van der Waals surface area contributed by atoms with Crippen LogP contribution in [0.3, 0.4) is 0 Å². The van der Waals surface area contributed by atoms with Crippen LogP contribution < -0.4 is 4.74 Å². The SMILES string of the molecule is CCC1(CO)CCN(Cc2ccc(OCc3noc(C)n3)cc2)CC1. The topological polar surface area (TPSA) is 71.6 Å². The van der Waals surface area contributed by atoms with Crippen molar-refractivity contribution in [2.45, 2.75) is 46.3 Å². The normalized spacial score (nSPS) is 17.6. The predicted molar refractivity (Wildman–Crippen MR) is 94.1 cm³/mol. The van der Waals surface area contributed by atoms with Gasteiger partial charge in [0, 0.05) is 20.1 Å². The molecule has 0 spiro atoms. The zero-order chi connectivity index (χ0) is 17.7. The van der Waals surface area contributed by atoms with Crippen molar-refractivity contribution in [3.8, 4) is 5.75 Å². The molecule has 6 nitrogen and oxygen atoms in total. The third-order valence-corrected chi connectivity index (χ3v) is 5.27. The van der Waals surface area contributed by atoms with Gasteiger partial charge in [-0.1, -0.05) is 24.2 Å². The van der Waals surface area contributed by atoms with Crippen molar-refractivity contribution in [3.05, 3.63) is 41.5 Å². The molecule has 0 radical (unpaired) electrons. The Bertz CT molecular complexity index is 655. The van der Waals surface area contributed by atoms with Crippen molar-refractivity contribution < 1.29 is 14.4 Å². The van der Waals surface area contributed by atoms with Crippen LogP contribution in [0.5, 0.6) is 5.75 Å². The van der Waals surface area contributed by atoms with Gasteiger partial charge in [0.2, 0.25) is 11.7 Å². The first-order chi connectivity index (χ1) is 12.1. The van der Waals surface area contributed by atoms with E-state index in [1.807, 2.05) is 12.1 Å². The molecule has 0 unspecified atom stereocenters. The van der Waals surface area contributed by atoms with E-state index in [1.165, 1.54) is 5.56 Å². The van der Waals surface area contributed by atoms with E-state index in [0.717, 1.165) is 44.6 Å². The lowest BCUT2D eigenvalue weighted by Crippen LogP contribution is -2.41. The van der Waals surface area contributed by atoms with Crippen molar-refractivity contribution in [1.82, 2.24) is 15.0 Å². The molecule has 0 atom stereocenters. The van der Waals surface area contributed by atoms with Crippen molar-refractivity contribution in [2.24, 2.45) is 5.41 Å². The quantitative estimate of drug-likeness (QED) is 0.832. The number of nitrogens with zero attached hydrogens (tertiary/aromatic N) is 3. The molecule has 1 aromatic carbocycles. The first kappa shape index (κ1) is 17.9. The van der Waals surface area contributed by atoms with Crippen LogP contribution in [0.4, 0.5) is 0 Å². The molecule has 1 aromatic heterocycles. The van der Waals surface area contributed by atoms with E-state index in [1.54, 1.807) is 6.92 Å². The van der Waals surface area contributed by atoms with E-state index in [0.29, 0.717) is 24.9 Å². The highest BCUT2D eigenvalue weighted by atomic mass is 16.5. The number of piperidine rings is 1. The van der Waals surface area contributed by atoms with E-state index in [4.69, 9.17) is 9.26 Å². The molecule has 6 heteroatoms. The van der Waals surface area contributed by atoms with Crippen molar-refractivity contribution in [3.63, 3.8) is 0 Å². The molecular formula is C19H27N3O3. The number of ether oxygens (including phenoxy) is 1. The van der Waals surface area contributed by atoms with Gasteiger partial charge in [-0.2, -0.15) is 4.98 Å². The summed E-state index contributed by atoms with van der Waals surface area (Å²) in [7, 11) is 0. The minimum atomic E-state index is 0.141. The molecule has 3 rings (SSSR count). The minimum absolute atomic E-state index is 0.141. The summed E-state index contributed by atoms with van der Waals surface area (Å²) in [5, 5.41) is 13.5.